The van der Waals surface area contributed by atoms with E-state index in [2.05, 4.69) is 20.8 Å². The fourth-order valence-electron chi connectivity index (χ4n) is 3.71. The van der Waals surface area contributed by atoms with Gasteiger partial charge in [-0.15, -0.1) is 10.2 Å². The monoisotopic (exact) mass is 531 g/mol. The normalized spacial score (nSPS) is 14.1. The lowest BCUT2D eigenvalue weighted by Crippen LogP contribution is -2.27. The van der Waals surface area contributed by atoms with Crippen molar-refractivity contribution < 1.29 is 18.0 Å². The molecule has 0 bridgehead atoms. The predicted octanol–water partition coefficient (Wildman–Crippen LogP) is 3.92. The summed E-state index contributed by atoms with van der Waals surface area (Å²) in [5, 5.41) is 13.8. The van der Waals surface area contributed by atoms with Gasteiger partial charge in [-0.1, -0.05) is 29.2 Å². The number of hydrogen-bond acceptors (Lipinski definition) is 8. The summed E-state index contributed by atoms with van der Waals surface area (Å²) in [5.74, 6) is -0.428. The van der Waals surface area contributed by atoms with Gasteiger partial charge in [-0.25, -0.2) is 8.42 Å². The zero-order valence-electron chi connectivity index (χ0n) is 19.3. The number of amides is 2. The van der Waals surface area contributed by atoms with Crippen LogP contribution in [0.3, 0.4) is 0 Å². The van der Waals surface area contributed by atoms with Gasteiger partial charge in [0.05, 0.1) is 10.6 Å². The molecule has 1 aliphatic heterocycles. The first-order valence-corrected chi connectivity index (χ1v) is 14.2. The molecule has 2 N–H and O–H groups in total. The molecular weight excluding hydrogens is 506 g/mol. The molecule has 0 unspecified atom stereocenters. The average Bonchev–Trinajstić information content (AvgIpc) is 3.50. The Morgan fingerprint density at radius 1 is 1.00 bits per heavy atom. The van der Waals surface area contributed by atoms with E-state index in [1.54, 1.807) is 0 Å². The van der Waals surface area contributed by atoms with Crippen LogP contribution in [-0.4, -0.2) is 53.6 Å². The van der Waals surface area contributed by atoms with Gasteiger partial charge in [0.25, 0.3) is 5.91 Å². The van der Waals surface area contributed by atoms with Gasteiger partial charge in [-0.2, -0.15) is 4.31 Å². The molecule has 4 rings (SSSR count). The third kappa shape index (κ3) is 6.45. The fourth-order valence-corrected chi connectivity index (χ4v) is 6.78. The van der Waals surface area contributed by atoms with Crippen molar-refractivity contribution in [1.82, 2.24) is 14.5 Å². The van der Waals surface area contributed by atoms with E-state index in [0.29, 0.717) is 28.1 Å². The lowest BCUT2D eigenvalue weighted by Gasteiger charge is -2.15. The minimum atomic E-state index is -3.53. The summed E-state index contributed by atoms with van der Waals surface area (Å²) in [6.07, 6.45) is 1.72. The van der Waals surface area contributed by atoms with E-state index in [1.807, 2.05) is 32.0 Å². The first-order valence-electron chi connectivity index (χ1n) is 11.0. The smallest absolute Gasteiger partial charge is 0.257 e. The molecule has 35 heavy (non-hydrogen) atoms. The van der Waals surface area contributed by atoms with Crippen molar-refractivity contribution in [2.24, 2.45) is 0 Å². The number of hydrogen-bond donors (Lipinski definition) is 2. The van der Waals surface area contributed by atoms with Gasteiger partial charge in [0.2, 0.25) is 21.1 Å². The van der Waals surface area contributed by atoms with Gasteiger partial charge in [0.15, 0.2) is 4.34 Å². The van der Waals surface area contributed by atoms with Crippen LogP contribution in [0, 0.1) is 13.8 Å². The highest BCUT2D eigenvalue weighted by atomic mass is 32.2. The highest BCUT2D eigenvalue weighted by molar-refractivity contribution is 8.01. The molecule has 1 aromatic heterocycles. The highest BCUT2D eigenvalue weighted by Crippen LogP contribution is 2.26. The highest BCUT2D eigenvalue weighted by Gasteiger charge is 2.27. The molecule has 3 aromatic rings. The Morgan fingerprint density at radius 2 is 1.66 bits per heavy atom. The summed E-state index contributed by atoms with van der Waals surface area (Å²) in [7, 11) is -3.53. The summed E-state index contributed by atoms with van der Waals surface area (Å²) in [5.41, 5.74) is 3.20. The van der Waals surface area contributed by atoms with E-state index in [4.69, 9.17) is 0 Å². The first-order chi connectivity index (χ1) is 16.7. The first kappa shape index (κ1) is 25.3. The van der Waals surface area contributed by atoms with E-state index in [1.165, 1.54) is 40.3 Å². The van der Waals surface area contributed by atoms with Crippen LogP contribution in [0.4, 0.5) is 10.8 Å². The topological polar surface area (TPSA) is 121 Å². The molecule has 0 atom stereocenters. The minimum Gasteiger partial charge on any atom is -0.325 e. The van der Waals surface area contributed by atoms with Gasteiger partial charge in [0, 0.05) is 24.3 Å². The molecule has 1 aliphatic rings. The number of anilines is 2. The molecule has 0 radical (unpaired) electrons. The maximum atomic E-state index is 12.6. The van der Waals surface area contributed by atoms with E-state index in [-0.39, 0.29) is 16.6 Å². The van der Waals surface area contributed by atoms with Crippen molar-refractivity contribution in [3.8, 4) is 0 Å². The van der Waals surface area contributed by atoms with E-state index in [9.17, 15) is 18.0 Å². The summed E-state index contributed by atoms with van der Waals surface area (Å²) < 4.78 is 27.3. The molecule has 0 spiro atoms. The van der Waals surface area contributed by atoms with E-state index < -0.39 is 15.9 Å². The van der Waals surface area contributed by atoms with Crippen LogP contribution in [-0.2, 0) is 14.8 Å². The van der Waals surface area contributed by atoms with Crippen LogP contribution in [0.25, 0.3) is 0 Å². The number of carbonyl (C=O) groups is 2. The molecule has 0 saturated carbocycles. The predicted molar refractivity (Wildman–Crippen MR) is 138 cm³/mol. The maximum Gasteiger partial charge on any atom is 0.257 e. The van der Waals surface area contributed by atoms with Gasteiger partial charge in [-0.3, -0.25) is 14.9 Å². The molecule has 2 aromatic carbocycles. The van der Waals surface area contributed by atoms with Crippen LogP contribution < -0.4 is 10.6 Å². The summed E-state index contributed by atoms with van der Waals surface area (Å²) in [6, 6.07) is 11.7. The van der Waals surface area contributed by atoms with E-state index >= 15 is 0 Å². The van der Waals surface area contributed by atoms with Crippen molar-refractivity contribution in [1.29, 1.82) is 0 Å². The number of nitrogens with zero attached hydrogens (tertiary/aromatic N) is 3. The second-order valence-electron chi connectivity index (χ2n) is 8.18. The third-order valence-electron chi connectivity index (χ3n) is 5.28. The Hall–Kier alpha value is -2.80. The molecule has 2 heterocycles. The second kappa shape index (κ2) is 10.9. The molecule has 1 saturated heterocycles. The maximum absolute atomic E-state index is 12.6. The average molecular weight is 532 g/mol. The summed E-state index contributed by atoms with van der Waals surface area (Å²) >= 11 is 2.39. The minimum absolute atomic E-state index is 0.155. The van der Waals surface area contributed by atoms with Crippen molar-refractivity contribution >= 4 is 55.8 Å². The van der Waals surface area contributed by atoms with Crippen molar-refractivity contribution in [3.63, 3.8) is 0 Å². The Balaban J connectivity index is 1.30. The number of sulfonamides is 1. The lowest BCUT2D eigenvalue weighted by molar-refractivity contribution is -0.113. The van der Waals surface area contributed by atoms with E-state index in [0.717, 1.165) is 41.0 Å². The third-order valence-corrected chi connectivity index (χ3v) is 9.16. The Bertz CT molecular complexity index is 1310. The number of nitrogens with one attached hydrogen (secondary N) is 2. The molecule has 12 heteroatoms. The molecule has 184 valence electrons. The zero-order chi connectivity index (χ0) is 25.0. The summed E-state index contributed by atoms with van der Waals surface area (Å²) in [6.45, 7) is 4.99. The number of thioether (sulfide) groups is 1. The number of rotatable bonds is 8. The number of aromatic nitrogens is 2. The van der Waals surface area contributed by atoms with Crippen molar-refractivity contribution in [3.05, 3.63) is 59.2 Å². The quantitative estimate of drug-likeness (QED) is 0.334. The number of benzene rings is 2. The van der Waals surface area contributed by atoms with Crippen LogP contribution >= 0.6 is 23.1 Å². The van der Waals surface area contributed by atoms with Crippen LogP contribution in [0.15, 0.2) is 51.7 Å². The van der Waals surface area contributed by atoms with Crippen LogP contribution in [0.1, 0.15) is 34.3 Å². The second-order valence-corrected chi connectivity index (χ2v) is 12.3. The van der Waals surface area contributed by atoms with Gasteiger partial charge in [0.1, 0.15) is 0 Å². The lowest BCUT2D eigenvalue weighted by atomic mass is 10.1. The molecule has 1 fully saturated rings. The van der Waals surface area contributed by atoms with Gasteiger partial charge >= 0.3 is 0 Å². The molecule has 9 nitrogen and oxygen atoms in total. The Morgan fingerprint density at radius 3 is 2.31 bits per heavy atom. The summed E-state index contributed by atoms with van der Waals surface area (Å²) in [4.78, 5) is 25.0. The van der Waals surface area contributed by atoms with Gasteiger partial charge < -0.3 is 5.32 Å². The number of carbonyl (C=O) groups excluding carboxylic acids is 2. The van der Waals surface area contributed by atoms with Crippen LogP contribution in [0.5, 0.6) is 0 Å². The Kier molecular flexibility index (Phi) is 7.85. The molecule has 2 amide bonds. The largest absolute Gasteiger partial charge is 0.325 e. The molecule has 0 aliphatic carbocycles. The Labute approximate surface area is 212 Å². The number of aryl methyl sites for hydroxylation is 2. The standard InChI is InChI=1S/C23H25N5O4S3/c1-15-11-16(2)13-18(12-15)24-20(29)14-33-23-27-26-22(34-23)25-21(30)17-5-7-19(8-6-17)35(31,32)28-9-3-4-10-28/h5-8,11-13H,3-4,9-10,14H2,1-2H3,(H,24,29)(H,25,26,30). The SMILES string of the molecule is Cc1cc(C)cc(NC(=O)CSc2nnc(NC(=O)c3ccc(S(=O)(=O)N4CCCC4)cc3)s2)c1. The van der Waals surface area contributed by atoms with Crippen molar-refractivity contribution in [2.45, 2.75) is 35.9 Å². The van der Waals surface area contributed by atoms with Crippen LogP contribution in [0.2, 0.25) is 0 Å². The van der Waals surface area contributed by atoms with Crippen molar-refractivity contribution in [2.75, 3.05) is 29.5 Å². The molecular formula is C23H25N5O4S3. The zero-order valence-corrected chi connectivity index (χ0v) is 21.7. The van der Waals surface area contributed by atoms with Gasteiger partial charge in [-0.05, 0) is 74.2 Å². The fraction of sp³-hybridized carbons (Fsp3) is 0.304.